The molecule has 0 unspecified atom stereocenters. The van der Waals surface area contributed by atoms with Gasteiger partial charge in [-0.3, -0.25) is 0 Å². The summed E-state index contributed by atoms with van der Waals surface area (Å²) < 4.78 is 5.28. The highest BCUT2D eigenvalue weighted by molar-refractivity contribution is 5.10. The molecule has 0 amide bonds. The molecule has 2 aliphatic rings. The number of fused-ring (bicyclic) bond motifs is 2. The summed E-state index contributed by atoms with van der Waals surface area (Å²) in [6.45, 7) is 2.00. The Morgan fingerprint density at radius 2 is 2.33 bits per heavy atom. The minimum absolute atomic E-state index is 0.846. The Labute approximate surface area is 90.4 Å². The van der Waals surface area contributed by atoms with Gasteiger partial charge in [0.05, 0.1) is 12.8 Å². The van der Waals surface area contributed by atoms with E-state index in [1.54, 1.807) is 6.26 Å². The molecular weight excluding hydrogens is 186 g/mol. The number of nitrogens with one attached hydrogen (secondary N) is 1. The van der Waals surface area contributed by atoms with Gasteiger partial charge in [-0.25, -0.2) is 0 Å². The lowest BCUT2D eigenvalue weighted by molar-refractivity contribution is 0.397. The summed E-state index contributed by atoms with van der Waals surface area (Å²) in [5.41, 5.74) is 0. The van der Waals surface area contributed by atoms with Gasteiger partial charge in [-0.2, -0.15) is 0 Å². The minimum atomic E-state index is 0.846. The fraction of sp³-hybridized carbons (Fsp3) is 0.538. The van der Waals surface area contributed by atoms with Crippen LogP contribution in [0.3, 0.4) is 0 Å². The highest BCUT2D eigenvalue weighted by Gasteiger charge is 2.34. The van der Waals surface area contributed by atoms with Gasteiger partial charge in [-0.1, -0.05) is 12.2 Å². The third-order valence-electron chi connectivity index (χ3n) is 3.70. The third-order valence-corrected chi connectivity index (χ3v) is 3.70. The largest absolute Gasteiger partial charge is 0.468 e. The van der Waals surface area contributed by atoms with E-state index in [4.69, 9.17) is 4.42 Å². The van der Waals surface area contributed by atoms with Crippen LogP contribution in [0.2, 0.25) is 0 Å². The molecule has 0 aliphatic heterocycles. The van der Waals surface area contributed by atoms with Crippen molar-refractivity contribution in [2.75, 3.05) is 6.54 Å². The van der Waals surface area contributed by atoms with Crippen molar-refractivity contribution in [3.63, 3.8) is 0 Å². The van der Waals surface area contributed by atoms with Gasteiger partial charge in [0, 0.05) is 0 Å². The molecule has 0 radical (unpaired) electrons. The van der Waals surface area contributed by atoms with E-state index in [1.165, 1.54) is 12.8 Å². The molecular formula is C13H17NO. The summed E-state index contributed by atoms with van der Waals surface area (Å²) in [5, 5.41) is 3.49. The van der Waals surface area contributed by atoms with Gasteiger partial charge in [-0.05, 0) is 49.3 Å². The molecule has 1 aromatic heterocycles. The van der Waals surface area contributed by atoms with Crippen LogP contribution in [0.4, 0.5) is 0 Å². The number of allylic oxidation sites excluding steroid dienone is 2. The average molecular weight is 203 g/mol. The van der Waals surface area contributed by atoms with Crippen molar-refractivity contribution >= 4 is 0 Å². The van der Waals surface area contributed by atoms with Crippen LogP contribution in [-0.2, 0) is 6.54 Å². The van der Waals surface area contributed by atoms with Crippen LogP contribution in [0.1, 0.15) is 18.6 Å². The first-order valence-corrected chi connectivity index (χ1v) is 5.83. The summed E-state index contributed by atoms with van der Waals surface area (Å²) in [7, 11) is 0. The molecule has 0 spiro atoms. The summed E-state index contributed by atoms with van der Waals surface area (Å²) >= 11 is 0. The fourth-order valence-corrected chi connectivity index (χ4v) is 2.92. The van der Waals surface area contributed by atoms with Crippen molar-refractivity contribution < 1.29 is 4.42 Å². The van der Waals surface area contributed by atoms with Crippen LogP contribution in [0.15, 0.2) is 35.0 Å². The summed E-state index contributed by atoms with van der Waals surface area (Å²) in [4.78, 5) is 0. The van der Waals surface area contributed by atoms with Gasteiger partial charge < -0.3 is 9.73 Å². The zero-order chi connectivity index (χ0) is 10.1. The lowest BCUT2D eigenvalue weighted by Crippen LogP contribution is -2.24. The predicted molar refractivity (Wildman–Crippen MR) is 59.3 cm³/mol. The number of hydrogen-bond acceptors (Lipinski definition) is 2. The molecule has 2 heteroatoms. The maximum atomic E-state index is 5.28. The van der Waals surface area contributed by atoms with Crippen LogP contribution >= 0.6 is 0 Å². The van der Waals surface area contributed by atoms with Crippen LogP contribution in [0, 0.1) is 17.8 Å². The van der Waals surface area contributed by atoms with Crippen molar-refractivity contribution in [3.8, 4) is 0 Å². The highest BCUT2D eigenvalue weighted by Crippen LogP contribution is 2.42. The van der Waals surface area contributed by atoms with E-state index in [1.807, 2.05) is 12.1 Å². The molecule has 2 nitrogen and oxygen atoms in total. The van der Waals surface area contributed by atoms with Crippen LogP contribution in [0.5, 0.6) is 0 Å². The smallest absolute Gasteiger partial charge is 0.117 e. The molecule has 80 valence electrons. The standard InChI is InChI=1S/C13H17NO/c1-2-13(15-5-1)9-14-8-12-7-10-3-4-11(12)6-10/h1-5,10-12,14H,6-9H2/t10-,11-,12+/m0/s1. The Hall–Kier alpha value is -1.02. The SMILES string of the molecule is C1=C[C@H]2C[C@H]1C[C@@H]2CNCc1ccco1. The molecule has 1 N–H and O–H groups in total. The highest BCUT2D eigenvalue weighted by atomic mass is 16.3. The van der Waals surface area contributed by atoms with E-state index in [0.29, 0.717) is 0 Å². The lowest BCUT2D eigenvalue weighted by Gasteiger charge is -2.17. The lowest BCUT2D eigenvalue weighted by atomic mass is 9.94. The molecule has 0 saturated heterocycles. The van der Waals surface area contributed by atoms with E-state index in [0.717, 1.165) is 36.6 Å². The van der Waals surface area contributed by atoms with Gasteiger partial charge in [0.1, 0.15) is 5.76 Å². The van der Waals surface area contributed by atoms with E-state index in [2.05, 4.69) is 17.5 Å². The Kier molecular flexibility index (Phi) is 2.37. The number of furan rings is 1. The maximum Gasteiger partial charge on any atom is 0.117 e. The fourth-order valence-electron chi connectivity index (χ4n) is 2.92. The van der Waals surface area contributed by atoms with Crippen molar-refractivity contribution in [1.29, 1.82) is 0 Å². The Morgan fingerprint density at radius 1 is 1.33 bits per heavy atom. The molecule has 2 aliphatic carbocycles. The Bertz CT molecular complexity index is 341. The average Bonchev–Trinajstić information content (AvgIpc) is 2.93. The maximum absolute atomic E-state index is 5.28. The molecule has 1 aromatic rings. The topological polar surface area (TPSA) is 25.2 Å². The van der Waals surface area contributed by atoms with Crippen molar-refractivity contribution in [3.05, 3.63) is 36.3 Å². The van der Waals surface area contributed by atoms with Crippen molar-refractivity contribution in [2.24, 2.45) is 17.8 Å². The number of hydrogen-bond donors (Lipinski definition) is 1. The molecule has 1 saturated carbocycles. The molecule has 2 bridgehead atoms. The van der Waals surface area contributed by atoms with Gasteiger partial charge in [-0.15, -0.1) is 0 Å². The zero-order valence-corrected chi connectivity index (χ0v) is 8.86. The summed E-state index contributed by atoms with van der Waals surface area (Å²) in [6.07, 6.45) is 9.32. The van der Waals surface area contributed by atoms with E-state index >= 15 is 0 Å². The van der Waals surface area contributed by atoms with Crippen LogP contribution < -0.4 is 5.32 Å². The second-order valence-electron chi connectivity index (χ2n) is 4.75. The monoisotopic (exact) mass is 203 g/mol. The summed E-state index contributed by atoms with van der Waals surface area (Å²) in [5.74, 6) is 3.62. The summed E-state index contributed by atoms with van der Waals surface area (Å²) in [6, 6.07) is 3.96. The Balaban J connectivity index is 1.45. The van der Waals surface area contributed by atoms with E-state index < -0.39 is 0 Å². The normalized spacial score (nSPS) is 32.7. The van der Waals surface area contributed by atoms with Crippen LogP contribution in [0.25, 0.3) is 0 Å². The first-order chi connectivity index (χ1) is 7.42. The Morgan fingerprint density at radius 3 is 3.00 bits per heavy atom. The molecule has 3 rings (SSSR count). The van der Waals surface area contributed by atoms with Gasteiger partial charge >= 0.3 is 0 Å². The van der Waals surface area contributed by atoms with Crippen LogP contribution in [-0.4, -0.2) is 6.54 Å². The van der Waals surface area contributed by atoms with Gasteiger partial charge in [0.2, 0.25) is 0 Å². The molecule has 15 heavy (non-hydrogen) atoms. The quantitative estimate of drug-likeness (QED) is 0.761. The molecule has 3 atom stereocenters. The van der Waals surface area contributed by atoms with Gasteiger partial charge in [0.15, 0.2) is 0 Å². The molecule has 1 heterocycles. The minimum Gasteiger partial charge on any atom is -0.468 e. The predicted octanol–water partition coefficient (Wildman–Crippen LogP) is 2.58. The first-order valence-electron chi connectivity index (χ1n) is 5.83. The molecule has 1 fully saturated rings. The van der Waals surface area contributed by atoms with Gasteiger partial charge in [0.25, 0.3) is 0 Å². The third kappa shape index (κ3) is 1.86. The second kappa shape index (κ2) is 3.86. The van der Waals surface area contributed by atoms with Crippen molar-refractivity contribution in [1.82, 2.24) is 5.32 Å². The van der Waals surface area contributed by atoms with Crippen molar-refractivity contribution in [2.45, 2.75) is 19.4 Å². The zero-order valence-electron chi connectivity index (χ0n) is 8.86. The molecule has 0 aromatic carbocycles. The van der Waals surface area contributed by atoms with E-state index in [9.17, 15) is 0 Å². The second-order valence-corrected chi connectivity index (χ2v) is 4.75. The number of rotatable bonds is 4. The first kappa shape index (κ1) is 9.22. The van der Waals surface area contributed by atoms with E-state index in [-0.39, 0.29) is 0 Å².